The second kappa shape index (κ2) is 7.38. The Morgan fingerprint density at radius 1 is 1.30 bits per heavy atom. The molecule has 2 fully saturated rings. The van der Waals surface area contributed by atoms with Crippen LogP contribution in [0.1, 0.15) is 33.1 Å². The van der Waals surface area contributed by atoms with E-state index in [1.807, 2.05) is 0 Å². The van der Waals surface area contributed by atoms with Gasteiger partial charge >= 0.3 is 5.97 Å². The molecule has 2 heterocycles. The highest BCUT2D eigenvalue weighted by molar-refractivity contribution is 5.76. The van der Waals surface area contributed by atoms with Crippen LogP contribution in [0.25, 0.3) is 0 Å². The van der Waals surface area contributed by atoms with Crippen LogP contribution >= 0.6 is 0 Å². The van der Waals surface area contributed by atoms with Crippen molar-refractivity contribution in [2.75, 3.05) is 39.8 Å². The van der Waals surface area contributed by atoms with Gasteiger partial charge in [0.25, 0.3) is 0 Å². The lowest BCUT2D eigenvalue weighted by atomic mass is 10.2. The fourth-order valence-corrected chi connectivity index (χ4v) is 3.45. The van der Waals surface area contributed by atoms with Crippen molar-refractivity contribution < 1.29 is 9.53 Å². The Bertz CT molecular complexity index is 322. The molecule has 2 saturated heterocycles. The highest BCUT2D eigenvalue weighted by Crippen LogP contribution is 2.21. The molecule has 2 rings (SSSR count). The minimum absolute atomic E-state index is 0.147. The Morgan fingerprint density at radius 2 is 2.05 bits per heavy atom. The molecule has 5 heteroatoms. The summed E-state index contributed by atoms with van der Waals surface area (Å²) in [6, 6.07) is 0.761. The molecule has 0 bridgehead atoms. The number of rotatable bonds is 5. The summed E-state index contributed by atoms with van der Waals surface area (Å²) >= 11 is 0. The van der Waals surface area contributed by atoms with Gasteiger partial charge < -0.3 is 10.1 Å². The molecule has 116 valence electrons. The van der Waals surface area contributed by atoms with E-state index >= 15 is 0 Å². The van der Waals surface area contributed by atoms with E-state index in [0.717, 1.165) is 19.6 Å². The molecule has 0 aromatic heterocycles. The lowest BCUT2D eigenvalue weighted by Crippen LogP contribution is -2.50. The molecule has 0 spiro atoms. The lowest BCUT2D eigenvalue weighted by Gasteiger charge is -2.29. The number of carbonyl (C=O) groups excluding carboxylic acids is 1. The number of fused-ring (bicyclic) bond motifs is 1. The first-order valence-electron chi connectivity index (χ1n) is 7.90. The topological polar surface area (TPSA) is 44.8 Å². The average Bonchev–Trinajstić information content (AvgIpc) is 2.75. The fraction of sp³-hybridized carbons (Fsp3) is 0.933. The fourth-order valence-electron chi connectivity index (χ4n) is 3.45. The Balaban J connectivity index is 1.92. The Hall–Kier alpha value is -0.650. The molecule has 0 aliphatic carbocycles. The van der Waals surface area contributed by atoms with E-state index < -0.39 is 0 Å². The van der Waals surface area contributed by atoms with E-state index in [-0.39, 0.29) is 18.1 Å². The van der Waals surface area contributed by atoms with E-state index in [0.29, 0.717) is 6.04 Å². The monoisotopic (exact) mass is 283 g/mol. The largest absolute Gasteiger partial charge is 0.468 e. The van der Waals surface area contributed by atoms with E-state index in [2.05, 4.69) is 29.0 Å². The highest BCUT2D eigenvalue weighted by Gasteiger charge is 2.31. The summed E-state index contributed by atoms with van der Waals surface area (Å²) in [4.78, 5) is 17.0. The van der Waals surface area contributed by atoms with Crippen molar-refractivity contribution in [2.24, 2.45) is 0 Å². The lowest BCUT2D eigenvalue weighted by molar-refractivity contribution is -0.143. The maximum atomic E-state index is 11.9. The molecular formula is C15H29N3O2. The van der Waals surface area contributed by atoms with Crippen molar-refractivity contribution in [1.29, 1.82) is 0 Å². The number of methoxy groups -OCH3 is 1. The number of hydrogen-bond acceptors (Lipinski definition) is 5. The summed E-state index contributed by atoms with van der Waals surface area (Å²) < 4.78 is 4.93. The van der Waals surface area contributed by atoms with Crippen LogP contribution in [-0.4, -0.2) is 73.7 Å². The maximum absolute atomic E-state index is 11.9. The molecule has 1 N–H and O–H groups in total. The molecule has 5 nitrogen and oxygen atoms in total. The molecule has 0 aromatic carbocycles. The second-order valence-corrected chi connectivity index (χ2v) is 6.34. The average molecular weight is 283 g/mol. The van der Waals surface area contributed by atoms with E-state index in [9.17, 15) is 4.79 Å². The van der Waals surface area contributed by atoms with Gasteiger partial charge in [0.1, 0.15) is 6.04 Å². The second-order valence-electron chi connectivity index (χ2n) is 6.34. The molecule has 0 aromatic rings. The van der Waals surface area contributed by atoms with Crippen molar-refractivity contribution in [3.8, 4) is 0 Å². The summed E-state index contributed by atoms with van der Waals surface area (Å²) in [5.74, 6) is -0.147. The van der Waals surface area contributed by atoms with Gasteiger partial charge in [0.2, 0.25) is 0 Å². The van der Waals surface area contributed by atoms with Crippen molar-refractivity contribution in [3.63, 3.8) is 0 Å². The van der Waals surface area contributed by atoms with Crippen LogP contribution in [0.3, 0.4) is 0 Å². The molecule has 2 aliphatic heterocycles. The summed E-state index contributed by atoms with van der Waals surface area (Å²) in [6.07, 6.45) is 3.83. The first-order valence-corrected chi connectivity index (χ1v) is 7.90. The third-order valence-corrected chi connectivity index (χ3v) is 4.35. The molecule has 0 radical (unpaired) electrons. The van der Waals surface area contributed by atoms with Gasteiger partial charge in [-0.15, -0.1) is 0 Å². The SMILES string of the molecule is COC(=O)C(CN1CCCN2CCCC2C1)NC(C)C. The molecule has 0 saturated carbocycles. The van der Waals surface area contributed by atoms with Crippen LogP contribution in [0, 0.1) is 0 Å². The van der Waals surface area contributed by atoms with Crippen molar-refractivity contribution >= 4 is 5.97 Å². The zero-order valence-electron chi connectivity index (χ0n) is 13.1. The van der Waals surface area contributed by atoms with Gasteiger partial charge in [0, 0.05) is 25.2 Å². The quantitative estimate of drug-likeness (QED) is 0.752. The standard InChI is InChI=1S/C15H29N3O2/c1-12(2)16-14(15(19)20-3)11-17-7-5-9-18-8-4-6-13(18)10-17/h12-14,16H,4-11H2,1-3H3. The van der Waals surface area contributed by atoms with Crippen molar-refractivity contribution in [3.05, 3.63) is 0 Å². The minimum atomic E-state index is -0.215. The Labute approximate surface area is 122 Å². The number of carbonyl (C=O) groups is 1. The first kappa shape index (κ1) is 15.7. The van der Waals surface area contributed by atoms with Gasteiger partial charge in [0.15, 0.2) is 0 Å². The number of ether oxygens (including phenoxy) is 1. The summed E-state index contributed by atoms with van der Waals surface area (Å²) in [5.41, 5.74) is 0. The minimum Gasteiger partial charge on any atom is -0.468 e. The third kappa shape index (κ3) is 4.17. The molecule has 2 unspecified atom stereocenters. The number of esters is 1. The van der Waals surface area contributed by atoms with Crippen LogP contribution in [-0.2, 0) is 9.53 Å². The van der Waals surface area contributed by atoms with E-state index in [4.69, 9.17) is 4.74 Å². The zero-order valence-corrected chi connectivity index (χ0v) is 13.1. The molecular weight excluding hydrogens is 254 g/mol. The summed E-state index contributed by atoms with van der Waals surface area (Å²) in [5, 5.41) is 3.33. The summed E-state index contributed by atoms with van der Waals surface area (Å²) in [6.45, 7) is 9.53. The predicted octanol–water partition coefficient (Wildman–Crippen LogP) is 0.696. The highest BCUT2D eigenvalue weighted by atomic mass is 16.5. The van der Waals surface area contributed by atoms with Gasteiger partial charge in [-0.1, -0.05) is 13.8 Å². The van der Waals surface area contributed by atoms with E-state index in [1.54, 1.807) is 0 Å². The Kier molecular flexibility index (Phi) is 5.81. The van der Waals surface area contributed by atoms with Crippen LogP contribution in [0.5, 0.6) is 0 Å². The smallest absolute Gasteiger partial charge is 0.324 e. The van der Waals surface area contributed by atoms with Crippen molar-refractivity contribution in [1.82, 2.24) is 15.1 Å². The third-order valence-electron chi connectivity index (χ3n) is 4.35. The summed E-state index contributed by atoms with van der Waals surface area (Å²) in [7, 11) is 1.47. The van der Waals surface area contributed by atoms with Crippen LogP contribution in [0.2, 0.25) is 0 Å². The zero-order chi connectivity index (χ0) is 14.5. The van der Waals surface area contributed by atoms with Crippen molar-refractivity contribution in [2.45, 2.75) is 51.2 Å². The molecule has 2 aliphatic rings. The van der Waals surface area contributed by atoms with Gasteiger partial charge in [-0.2, -0.15) is 0 Å². The normalized spacial score (nSPS) is 26.3. The number of nitrogens with zero attached hydrogens (tertiary/aromatic N) is 2. The first-order chi connectivity index (χ1) is 9.60. The number of nitrogens with one attached hydrogen (secondary N) is 1. The van der Waals surface area contributed by atoms with Crippen LogP contribution in [0.15, 0.2) is 0 Å². The van der Waals surface area contributed by atoms with Gasteiger partial charge in [-0.05, 0) is 38.9 Å². The van der Waals surface area contributed by atoms with Crippen LogP contribution in [0.4, 0.5) is 0 Å². The molecule has 0 amide bonds. The van der Waals surface area contributed by atoms with Gasteiger partial charge in [-0.25, -0.2) is 0 Å². The molecule has 20 heavy (non-hydrogen) atoms. The van der Waals surface area contributed by atoms with Crippen LogP contribution < -0.4 is 5.32 Å². The van der Waals surface area contributed by atoms with Gasteiger partial charge in [0.05, 0.1) is 7.11 Å². The Morgan fingerprint density at radius 3 is 2.75 bits per heavy atom. The molecule has 2 atom stereocenters. The number of hydrogen-bond donors (Lipinski definition) is 1. The maximum Gasteiger partial charge on any atom is 0.324 e. The van der Waals surface area contributed by atoms with E-state index in [1.165, 1.54) is 39.5 Å². The van der Waals surface area contributed by atoms with Gasteiger partial charge in [-0.3, -0.25) is 14.6 Å². The predicted molar refractivity (Wildman–Crippen MR) is 79.7 cm³/mol.